The minimum absolute atomic E-state index is 0.00523. The van der Waals surface area contributed by atoms with E-state index >= 15 is 0 Å². The summed E-state index contributed by atoms with van der Waals surface area (Å²) in [5.74, 6) is 0.00523. The lowest BCUT2D eigenvalue weighted by molar-refractivity contribution is 0.0958. The third kappa shape index (κ3) is 1.62. The van der Waals surface area contributed by atoms with E-state index in [1.807, 2.05) is 25.2 Å². The molecule has 0 fully saturated rings. The first kappa shape index (κ1) is 9.52. The first-order chi connectivity index (χ1) is 6.68. The van der Waals surface area contributed by atoms with Crippen LogP contribution < -0.4 is 10.2 Å². The molecule has 0 atom stereocenters. The van der Waals surface area contributed by atoms with Crippen molar-refractivity contribution in [2.24, 2.45) is 0 Å². The molecule has 0 saturated heterocycles. The van der Waals surface area contributed by atoms with Crippen LogP contribution in [0.5, 0.6) is 0 Å². The van der Waals surface area contributed by atoms with Crippen molar-refractivity contribution < 1.29 is 4.79 Å². The molecular weight excluding hydrogens is 244 g/mol. The number of likely N-dealkylation sites (N-methyl/N-ethyl adjacent to an activating group) is 1. The molecule has 1 aliphatic heterocycles. The lowest BCUT2D eigenvalue weighted by Crippen LogP contribution is -2.27. The third-order valence-electron chi connectivity index (χ3n) is 2.35. The number of fused-ring (bicyclic) bond motifs is 1. The zero-order chi connectivity index (χ0) is 10.1. The third-order valence-corrected chi connectivity index (χ3v) is 2.84. The van der Waals surface area contributed by atoms with Crippen LogP contribution in [0.1, 0.15) is 10.4 Å². The number of amides is 1. The van der Waals surface area contributed by atoms with Crippen LogP contribution in [0, 0.1) is 0 Å². The molecule has 0 radical (unpaired) electrons. The molecule has 2 rings (SSSR count). The lowest BCUT2D eigenvalue weighted by atomic mass is 10.1. The number of carbonyl (C=O) groups is 1. The Morgan fingerprint density at radius 2 is 2.29 bits per heavy atom. The van der Waals surface area contributed by atoms with Crippen LogP contribution in [0.4, 0.5) is 5.69 Å². The monoisotopic (exact) mass is 254 g/mol. The number of hydrogen-bond acceptors (Lipinski definition) is 2. The molecule has 1 amide bonds. The summed E-state index contributed by atoms with van der Waals surface area (Å²) in [6, 6.07) is 5.77. The number of nitrogens with zero attached hydrogens (tertiary/aromatic N) is 1. The Morgan fingerprint density at radius 3 is 3.07 bits per heavy atom. The van der Waals surface area contributed by atoms with Crippen molar-refractivity contribution in [1.82, 2.24) is 5.32 Å². The predicted octanol–water partition coefficient (Wildman–Crippen LogP) is 1.63. The average molecular weight is 255 g/mol. The molecule has 0 spiro atoms. The molecule has 0 bridgehead atoms. The lowest BCUT2D eigenvalue weighted by Gasteiger charge is -2.17. The van der Waals surface area contributed by atoms with Crippen LogP contribution in [-0.4, -0.2) is 26.0 Å². The molecule has 74 valence electrons. The quantitative estimate of drug-likeness (QED) is 0.764. The van der Waals surface area contributed by atoms with E-state index in [0.29, 0.717) is 6.54 Å². The van der Waals surface area contributed by atoms with Crippen molar-refractivity contribution in [3.63, 3.8) is 0 Å². The molecule has 1 aromatic rings. The summed E-state index contributed by atoms with van der Waals surface area (Å²) >= 11 is 3.36. The van der Waals surface area contributed by atoms with Crippen LogP contribution in [0.3, 0.4) is 0 Å². The van der Waals surface area contributed by atoms with E-state index in [1.165, 1.54) is 0 Å². The highest BCUT2D eigenvalue weighted by atomic mass is 79.9. The Labute approximate surface area is 91.2 Å². The van der Waals surface area contributed by atoms with Gasteiger partial charge in [-0.15, -0.1) is 0 Å². The Morgan fingerprint density at radius 1 is 1.50 bits per heavy atom. The fraction of sp³-hybridized carbons (Fsp3) is 0.300. The Bertz CT molecular complexity index is 378. The van der Waals surface area contributed by atoms with Gasteiger partial charge < -0.3 is 10.2 Å². The molecule has 1 heterocycles. The molecule has 0 unspecified atom stereocenters. The highest BCUT2D eigenvalue weighted by molar-refractivity contribution is 9.10. The number of benzene rings is 1. The van der Waals surface area contributed by atoms with E-state index < -0.39 is 0 Å². The van der Waals surface area contributed by atoms with Crippen molar-refractivity contribution in [2.75, 3.05) is 25.0 Å². The van der Waals surface area contributed by atoms with Gasteiger partial charge >= 0.3 is 0 Å². The smallest absolute Gasteiger partial charge is 0.253 e. The van der Waals surface area contributed by atoms with Gasteiger partial charge in [0, 0.05) is 30.3 Å². The molecule has 3 nitrogen and oxygen atoms in total. The number of nitrogens with one attached hydrogen (secondary N) is 1. The largest absolute Gasteiger partial charge is 0.372 e. The van der Waals surface area contributed by atoms with Gasteiger partial charge in [-0.2, -0.15) is 0 Å². The Kier molecular flexibility index (Phi) is 2.46. The average Bonchev–Trinajstić information content (AvgIpc) is 2.28. The maximum Gasteiger partial charge on any atom is 0.253 e. The van der Waals surface area contributed by atoms with E-state index in [2.05, 4.69) is 26.1 Å². The summed E-state index contributed by atoms with van der Waals surface area (Å²) in [5, 5.41) is 2.86. The summed E-state index contributed by atoms with van der Waals surface area (Å²) in [4.78, 5) is 13.7. The van der Waals surface area contributed by atoms with Crippen LogP contribution in [-0.2, 0) is 0 Å². The number of carbonyl (C=O) groups excluding carboxylic acids is 1. The molecular formula is C10H11BrN2O. The molecule has 0 aromatic heterocycles. The summed E-state index contributed by atoms with van der Waals surface area (Å²) in [6.07, 6.45) is 0. The van der Waals surface area contributed by atoms with Gasteiger partial charge in [0.15, 0.2) is 0 Å². The molecule has 1 aliphatic rings. The molecule has 14 heavy (non-hydrogen) atoms. The summed E-state index contributed by atoms with van der Waals surface area (Å²) in [5.41, 5.74) is 1.72. The van der Waals surface area contributed by atoms with Gasteiger partial charge in [-0.3, -0.25) is 4.79 Å². The molecule has 0 saturated carbocycles. The second kappa shape index (κ2) is 3.61. The van der Waals surface area contributed by atoms with Gasteiger partial charge in [0.1, 0.15) is 0 Å². The molecule has 1 N–H and O–H groups in total. The second-order valence-corrected chi connectivity index (χ2v) is 4.25. The molecule has 0 aliphatic carbocycles. The molecule has 1 aromatic carbocycles. The van der Waals surface area contributed by atoms with Crippen molar-refractivity contribution in [1.29, 1.82) is 0 Å². The second-order valence-electron chi connectivity index (χ2n) is 3.34. The van der Waals surface area contributed by atoms with E-state index in [-0.39, 0.29) is 5.91 Å². The topological polar surface area (TPSA) is 32.3 Å². The summed E-state index contributed by atoms with van der Waals surface area (Å²) < 4.78 is 0.932. The summed E-state index contributed by atoms with van der Waals surface area (Å²) in [6.45, 7) is 1.54. The number of halogens is 1. The normalized spacial score (nSPS) is 15.9. The van der Waals surface area contributed by atoms with Crippen molar-refractivity contribution in [3.8, 4) is 0 Å². The number of anilines is 1. The van der Waals surface area contributed by atoms with E-state index in [9.17, 15) is 4.79 Å². The van der Waals surface area contributed by atoms with E-state index in [1.54, 1.807) is 0 Å². The SMILES string of the molecule is CN1CCNC(=O)c2cc(Br)ccc21. The highest BCUT2D eigenvalue weighted by Gasteiger charge is 2.17. The predicted molar refractivity (Wildman–Crippen MR) is 59.7 cm³/mol. The van der Waals surface area contributed by atoms with Gasteiger partial charge in [-0.1, -0.05) is 15.9 Å². The van der Waals surface area contributed by atoms with Gasteiger partial charge in [0.2, 0.25) is 0 Å². The van der Waals surface area contributed by atoms with Crippen LogP contribution in [0.25, 0.3) is 0 Å². The zero-order valence-electron chi connectivity index (χ0n) is 7.88. The standard InChI is InChI=1S/C10H11BrN2O/c1-13-5-4-12-10(14)8-6-7(11)2-3-9(8)13/h2-3,6H,4-5H2,1H3,(H,12,14). The van der Waals surface area contributed by atoms with Gasteiger partial charge in [-0.05, 0) is 18.2 Å². The summed E-state index contributed by atoms with van der Waals surface area (Å²) in [7, 11) is 1.99. The van der Waals surface area contributed by atoms with Crippen LogP contribution >= 0.6 is 15.9 Å². The van der Waals surface area contributed by atoms with Crippen molar-refractivity contribution in [3.05, 3.63) is 28.2 Å². The van der Waals surface area contributed by atoms with Crippen LogP contribution in [0.2, 0.25) is 0 Å². The minimum atomic E-state index is 0.00523. The molecule has 4 heteroatoms. The number of hydrogen-bond donors (Lipinski definition) is 1. The first-order valence-electron chi connectivity index (χ1n) is 4.47. The van der Waals surface area contributed by atoms with Gasteiger partial charge in [0.05, 0.1) is 5.56 Å². The maximum atomic E-state index is 11.6. The van der Waals surface area contributed by atoms with Crippen molar-refractivity contribution in [2.45, 2.75) is 0 Å². The van der Waals surface area contributed by atoms with Crippen molar-refractivity contribution >= 4 is 27.5 Å². The van der Waals surface area contributed by atoms with E-state index in [4.69, 9.17) is 0 Å². The first-order valence-corrected chi connectivity index (χ1v) is 5.26. The Balaban J connectivity index is 2.54. The zero-order valence-corrected chi connectivity index (χ0v) is 9.47. The Hall–Kier alpha value is -1.03. The van der Waals surface area contributed by atoms with E-state index in [0.717, 1.165) is 22.3 Å². The highest BCUT2D eigenvalue weighted by Crippen LogP contribution is 2.24. The fourth-order valence-electron chi connectivity index (χ4n) is 1.58. The van der Waals surface area contributed by atoms with Gasteiger partial charge in [0.25, 0.3) is 5.91 Å². The van der Waals surface area contributed by atoms with Gasteiger partial charge in [-0.25, -0.2) is 0 Å². The number of rotatable bonds is 0. The fourth-order valence-corrected chi connectivity index (χ4v) is 1.94. The minimum Gasteiger partial charge on any atom is -0.372 e. The van der Waals surface area contributed by atoms with Crippen LogP contribution in [0.15, 0.2) is 22.7 Å². The maximum absolute atomic E-state index is 11.6.